The molecule has 1 aromatic carbocycles. The molecular formula is C17H26BrNO2. The molecule has 21 heavy (non-hydrogen) atoms. The molecule has 0 bridgehead atoms. The van der Waals surface area contributed by atoms with Gasteiger partial charge in [0.05, 0.1) is 7.11 Å². The minimum Gasteiger partial charge on any atom is -0.497 e. The van der Waals surface area contributed by atoms with Crippen molar-refractivity contribution in [3.05, 3.63) is 28.2 Å². The molecule has 1 fully saturated rings. The Labute approximate surface area is 136 Å². The summed E-state index contributed by atoms with van der Waals surface area (Å²) < 4.78 is 12.1. The first-order valence-corrected chi connectivity index (χ1v) is 8.47. The van der Waals surface area contributed by atoms with Crippen LogP contribution in [0.2, 0.25) is 0 Å². The number of hydrogen-bond acceptors (Lipinski definition) is 3. The van der Waals surface area contributed by atoms with Crippen molar-refractivity contribution in [2.45, 2.75) is 39.2 Å². The number of rotatable bonds is 6. The molecule has 0 aliphatic carbocycles. The number of methoxy groups -OCH3 is 1. The van der Waals surface area contributed by atoms with Gasteiger partial charge in [-0.2, -0.15) is 0 Å². The molecule has 4 heteroatoms. The van der Waals surface area contributed by atoms with E-state index in [1.165, 1.54) is 10.0 Å². The second-order valence-electron chi connectivity index (χ2n) is 6.28. The van der Waals surface area contributed by atoms with Gasteiger partial charge in [0, 0.05) is 30.3 Å². The number of benzene rings is 1. The highest BCUT2D eigenvalue weighted by molar-refractivity contribution is 9.10. The second kappa shape index (κ2) is 7.61. The predicted molar refractivity (Wildman–Crippen MR) is 90.0 cm³/mol. The van der Waals surface area contributed by atoms with Crippen molar-refractivity contribution in [1.82, 2.24) is 5.32 Å². The van der Waals surface area contributed by atoms with Crippen LogP contribution in [-0.4, -0.2) is 32.9 Å². The summed E-state index contributed by atoms with van der Waals surface area (Å²) in [5.41, 5.74) is 1.60. The first-order chi connectivity index (χ1) is 10.0. The van der Waals surface area contributed by atoms with Crippen molar-refractivity contribution >= 4 is 15.9 Å². The molecule has 1 saturated heterocycles. The van der Waals surface area contributed by atoms with E-state index in [2.05, 4.69) is 47.2 Å². The fourth-order valence-corrected chi connectivity index (χ4v) is 3.25. The van der Waals surface area contributed by atoms with Gasteiger partial charge in [0.1, 0.15) is 5.75 Å². The van der Waals surface area contributed by atoms with Crippen LogP contribution in [0.3, 0.4) is 0 Å². The Hall–Kier alpha value is -0.580. The predicted octanol–water partition coefficient (Wildman–Crippen LogP) is 3.80. The third kappa shape index (κ3) is 4.70. The van der Waals surface area contributed by atoms with Crippen molar-refractivity contribution < 1.29 is 9.47 Å². The molecule has 1 aliphatic heterocycles. The van der Waals surface area contributed by atoms with Crippen LogP contribution in [-0.2, 0) is 11.2 Å². The van der Waals surface area contributed by atoms with Crippen LogP contribution in [0.1, 0.15) is 32.3 Å². The van der Waals surface area contributed by atoms with E-state index in [-0.39, 0.29) is 5.41 Å². The van der Waals surface area contributed by atoms with Crippen LogP contribution in [0, 0.1) is 5.41 Å². The largest absolute Gasteiger partial charge is 0.497 e. The van der Waals surface area contributed by atoms with Gasteiger partial charge in [0.15, 0.2) is 0 Å². The molecule has 0 amide bonds. The van der Waals surface area contributed by atoms with E-state index in [4.69, 9.17) is 9.47 Å². The third-order valence-corrected chi connectivity index (χ3v) is 5.03. The van der Waals surface area contributed by atoms with E-state index in [0.29, 0.717) is 6.04 Å². The number of nitrogens with one attached hydrogen (secondary N) is 1. The Morgan fingerprint density at radius 3 is 2.67 bits per heavy atom. The summed E-state index contributed by atoms with van der Waals surface area (Å²) in [7, 11) is 1.72. The second-order valence-corrected chi connectivity index (χ2v) is 7.14. The summed E-state index contributed by atoms with van der Waals surface area (Å²) in [6.45, 7) is 7.17. The lowest BCUT2D eigenvalue weighted by Gasteiger charge is -2.38. The average Bonchev–Trinajstić information content (AvgIpc) is 2.49. The lowest BCUT2D eigenvalue weighted by molar-refractivity contribution is 0.0140. The van der Waals surface area contributed by atoms with Crippen LogP contribution in [0.25, 0.3) is 0 Å². The van der Waals surface area contributed by atoms with E-state index in [9.17, 15) is 0 Å². The van der Waals surface area contributed by atoms with Crippen LogP contribution in [0.5, 0.6) is 5.75 Å². The highest BCUT2D eigenvalue weighted by atomic mass is 79.9. The average molecular weight is 356 g/mol. The van der Waals surface area contributed by atoms with Gasteiger partial charge in [-0.1, -0.05) is 29.8 Å². The fourth-order valence-electron chi connectivity index (χ4n) is 2.86. The lowest BCUT2D eigenvalue weighted by atomic mass is 9.75. The molecular weight excluding hydrogens is 330 g/mol. The molecule has 118 valence electrons. The van der Waals surface area contributed by atoms with Gasteiger partial charge in [0.2, 0.25) is 0 Å². The van der Waals surface area contributed by atoms with Crippen molar-refractivity contribution in [2.24, 2.45) is 5.41 Å². The quantitative estimate of drug-likeness (QED) is 0.841. The summed E-state index contributed by atoms with van der Waals surface area (Å²) in [6.07, 6.45) is 3.26. The minimum absolute atomic E-state index is 0.275. The highest BCUT2D eigenvalue weighted by Gasteiger charge is 2.33. The van der Waals surface area contributed by atoms with E-state index >= 15 is 0 Å². The lowest BCUT2D eigenvalue weighted by Crippen LogP contribution is -2.43. The molecule has 1 aliphatic rings. The summed E-state index contributed by atoms with van der Waals surface area (Å²) in [4.78, 5) is 0. The van der Waals surface area contributed by atoms with Gasteiger partial charge in [-0.3, -0.25) is 0 Å². The van der Waals surface area contributed by atoms with Crippen molar-refractivity contribution in [1.29, 1.82) is 0 Å². The smallest absolute Gasteiger partial charge is 0.119 e. The molecule has 1 heterocycles. The van der Waals surface area contributed by atoms with Crippen molar-refractivity contribution in [3.8, 4) is 5.75 Å². The maximum Gasteiger partial charge on any atom is 0.119 e. The molecule has 0 spiro atoms. The molecule has 1 N–H and O–H groups in total. The van der Waals surface area contributed by atoms with Gasteiger partial charge >= 0.3 is 0 Å². The number of hydrogen-bond donors (Lipinski definition) is 1. The molecule has 0 atom stereocenters. The van der Waals surface area contributed by atoms with Gasteiger partial charge in [-0.25, -0.2) is 0 Å². The normalized spacial score (nSPS) is 18.0. The maximum absolute atomic E-state index is 5.58. The zero-order valence-electron chi connectivity index (χ0n) is 13.2. The molecule has 0 unspecified atom stereocenters. The summed E-state index contributed by atoms with van der Waals surface area (Å²) in [5.74, 6) is 0.923. The standard InChI is InChI=1S/C17H26BrNO2/c1-13(2)19-12-17(6-8-21-9-7-17)11-14-10-15(20-3)4-5-16(14)18/h4-5,10,13,19H,6-9,11-12H2,1-3H3. The minimum atomic E-state index is 0.275. The molecule has 0 radical (unpaired) electrons. The van der Waals surface area contributed by atoms with Gasteiger partial charge in [-0.05, 0) is 48.4 Å². The Bertz CT molecular complexity index is 456. The van der Waals surface area contributed by atoms with E-state index in [1.54, 1.807) is 7.11 Å². The number of ether oxygens (including phenoxy) is 2. The van der Waals surface area contributed by atoms with Crippen LogP contribution < -0.4 is 10.1 Å². The first-order valence-electron chi connectivity index (χ1n) is 7.68. The molecule has 0 aromatic heterocycles. The first kappa shape index (κ1) is 16.8. The van der Waals surface area contributed by atoms with E-state index in [1.807, 2.05) is 6.07 Å². The SMILES string of the molecule is COc1ccc(Br)c(CC2(CNC(C)C)CCOCC2)c1. The molecule has 3 nitrogen and oxygen atoms in total. The van der Waals surface area contributed by atoms with E-state index in [0.717, 1.165) is 44.8 Å². The highest BCUT2D eigenvalue weighted by Crippen LogP contribution is 2.37. The van der Waals surface area contributed by atoms with Gasteiger partial charge in [0.25, 0.3) is 0 Å². The van der Waals surface area contributed by atoms with Crippen molar-refractivity contribution in [3.63, 3.8) is 0 Å². The summed E-state index contributed by atoms with van der Waals surface area (Å²) in [6, 6.07) is 6.74. The summed E-state index contributed by atoms with van der Waals surface area (Å²) >= 11 is 3.68. The maximum atomic E-state index is 5.58. The zero-order valence-corrected chi connectivity index (χ0v) is 14.8. The van der Waals surface area contributed by atoms with Gasteiger partial charge in [-0.15, -0.1) is 0 Å². The van der Waals surface area contributed by atoms with Crippen LogP contribution in [0.4, 0.5) is 0 Å². The van der Waals surface area contributed by atoms with Crippen molar-refractivity contribution in [2.75, 3.05) is 26.9 Å². The Kier molecular flexibility index (Phi) is 6.08. The Balaban J connectivity index is 2.17. The zero-order chi connectivity index (χ0) is 15.3. The Morgan fingerprint density at radius 1 is 1.33 bits per heavy atom. The topological polar surface area (TPSA) is 30.5 Å². The van der Waals surface area contributed by atoms with E-state index < -0.39 is 0 Å². The third-order valence-electron chi connectivity index (χ3n) is 4.26. The molecule has 0 saturated carbocycles. The fraction of sp³-hybridized carbons (Fsp3) is 0.647. The summed E-state index contributed by atoms with van der Waals surface area (Å²) in [5, 5.41) is 3.62. The monoisotopic (exact) mass is 355 g/mol. The molecule has 2 rings (SSSR count). The molecule has 1 aromatic rings. The van der Waals surface area contributed by atoms with Gasteiger partial charge < -0.3 is 14.8 Å². The van der Waals surface area contributed by atoms with Crippen LogP contribution >= 0.6 is 15.9 Å². The van der Waals surface area contributed by atoms with Crippen LogP contribution in [0.15, 0.2) is 22.7 Å². The number of halogens is 1. The Morgan fingerprint density at radius 2 is 2.05 bits per heavy atom.